The number of anilines is 1. The van der Waals surface area contributed by atoms with Gasteiger partial charge in [0.05, 0.1) is 6.10 Å². The van der Waals surface area contributed by atoms with Crippen molar-refractivity contribution in [1.29, 1.82) is 0 Å². The molecule has 0 saturated heterocycles. The van der Waals surface area contributed by atoms with Crippen molar-refractivity contribution in [2.24, 2.45) is 0 Å². The number of aromatic nitrogens is 5. The van der Waals surface area contributed by atoms with Gasteiger partial charge in [0.15, 0.2) is 0 Å². The molecule has 2 N–H and O–H groups in total. The molecule has 7 nitrogen and oxygen atoms in total. The SMILES string of the molecule is CCC(O)CNc1nc(Cl)nc(-n2cccn2)n1. The zero-order valence-corrected chi connectivity index (χ0v) is 10.5. The van der Waals surface area contributed by atoms with E-state index in [0.717, 1.165) is 0 Å². The zero-order valence-electron chi connectivity index (χ0n) is 9.78. The molecule has 0 aliphatic heterocycles. The summed E-state index contributed by atoms with van der Waals surface area (Å²) < 4.78 is 1.48. The van der Waals surface area contributed by atoms with Crippen LogP contribution < -0.4 is 5.32 Å². The van der Waals surface area contributed by atoms with Crippen LogP contribution in [0.3, 0.4) is 0 Å². The number of halogens is 1. The van der Waals surface area contributed by atoms with E-state index < -0.39 is 6.10 Å². The first kappa shape index (κ1) is 12.7. The van der Waals surface area contributed by atoms with E-state index in [0.29, 0.717) is 24.9 Å². The Morgan fingerprint density at radius 2 is 2.28 bits per heavy atom. The van der Waals surface area contributed by atoms with Crippen molar-refractivity contribution in [3.63, 3.8) is 0 Å². The maximum Gasteiger partial charge on any atom is 0.256 e. The molecule has 2 heterocycles. The molecule has 1 atom stereocenters. The zero-order chi connectivity index (χ0) is 13.0. The molecule has 96 valence electrons. The molecule has 8 heteroatoms. The Hall–Kier alpha value is -1.73. The van der Waals surface area contributed by atoms with Crippen molar-refractivity contribution in [2.75, 3.05) is 11.9 Å². The standard InChI is InChI=1S/C10H13ClN6O/c1-2-7(18)6-12-9-14-8(11)15-10(16-9)17-5-3-4-13-17/h3-5,7,18H,2,6H2,1H3,(H,12,14,15,16). The van der Waals surface area contributed by atoms with Crippen LogP contribution in [-0.2, 0) is 0 Å². The van der Waals surface area contributed by atoms with E-state index in [9.17, 15) is 5.11 Å². The van der Waals surface area contributed by atoms with Crippen LogP contribution in [0, 0.1) is 0 Å². The average molecular weight is 269 g/mol. The lowest BCUT2D eigenvalue weighted by Gasteiger charge is -2.09. The van der Waals surface area contributed by atoms with Crippen LogP contribution in [-0.4, -0.2) is 42.5 Å². The van der Waals surface area contributed by atoms with E-state index in [4.69, 9.17) is 11.6 Å². The lowest BCUT2D eigenvalue weighted by Crippen LogP contribution is -2.20. The number of nitrogens with zero attached hydrogens (tertiary/aromatic N) is 5. The Morgan fingerprint density at radius 3 is 2.94 bits per heavy atom. The molecule has 2 aromatic rings. The van der Waals surface area contributed by atoms with Gasteiger partial charge in [-0.1, -0.05) is 6.92 Å². The lowest BCUT2D eigenvalue weighted by molar-refractivity contribution is 0.183. The molecule has 0 bridgehead atoms. The fraction of sp³-hybridized carbons (Fsp3) is 0.400. The lowest BCUT2D eigenvalue weighted by atomic mass is 10.3. The summed E-state index contributed by atoms with van der Waals surface area (Å²) >= 11 is 5.81. The number of aliphatic hydroxyl groups is 1. The minimum atomic E-state index is -0.450. The number of hydrogen-bond donors (Lipinski definition) is 2. The third-order valence-corrected chi connectivity index (χ3v) is 2.44. The fourth-order valence-electron chi connectivity index (χ4n) is 1.26. The second-order valence-corrected chi connectivity index (χ2v) is 3.96. The molecule has 0 saturated carbocycles. The molecule has 18 heavy (non-hydrogen) atoms. The summed E-state index contributed by atoms with van der Waals surface area (Å²) in [5.74, 6) is 0.640. The van der Waals surface area contributed by atoms with Crippen molar-refractivity contribution in [2.45, 2.75) is 19.4 Å². The Morgan fingerprint density at radius 1 is 1.44 bits per heavy atom. The fourth-order valence-corrected chi connectivity index (χ4v) is 1.42. The topological polar surface area (TPSA) is 88.8 Å². The van der Waals surface area contributed by atoms with Crippen LogP contribution in [0.15, 0.2) is 18.5 Å². The Labute approximate surface area is 109 Å². The molecule has 2 rings (SSSR count). The van der Waals surface area contributed by atoms with Crippen molar-refractivity contribution in [1.82, 2.24) is 24.7 Å². The molecule has 0 aliphatic carbocycles. The largest absolute Gasteiger partial charge is 0.391 e. The molecular formula is C10H13ClN6O. The van der Waals surface area contributed by atoms with Gasteiger partial charge in [-0.25, -0.2) is 4.68 Å². The van der Waals surface area contributed by atoms with Crippen molar-refractivity contribution >= 4 is 17.5 Å². The normalized spacial score (nSPS) is 12.4. The molecular weight excluding hydrogens is 256 g/mol. The van der Waals surface area contributed by atoms with Gasteiger partial charge in [0, 0.05) is 18.9 Å². The monoisotopic (exact) mass is 268 g/mol. The first-order chi connectivity index (χ1) is 8.69. The van der Waals surface area contributed by atoms with Gasteiger partial charge in [-0.15, -0.1) is 0 Å². The van der Waals surface area contributed by atoms with Crippen LogP contribution in [0.1, 0.15) is 13.3 Å². The van der Waals surface area contributed by atoms with Gasteiger partial charge in [0.2, 0.25) is 11.2 Å². The Kier molecular flexibility index (Phi) is 4.06. The molecule has 0 radical (unpaired) electrons. The summed E-state index contributed by atoms with van der Waals surface area (Å²) in [7, 11) is 0. The van der Waals surface area contributed by atoms with E-state index in [1.165, 1.54) is 4.68 Å². The van der Waals surface area contributed by atoms with Gasteiger partial charge in [0.25, 0.3) is 5.95 Å². The molecule has 0 fully saturated rings. The van der Waals surface area contributed by atoms with Gasteiger partial charge in [-0.3, -0.25) is 0 Å². The number of rotatable bonds is 5. The van der Waals surface area contributed by atoms with Gasteiger partial charge in [0.1, 0.15) is 0 Å². The molecule has 0 aliphatic rings. The highest BCUT2D eigenvalue weighted by Crippen LogP contribution is 2.09. The first-order valence-electron chi connectivity index (χ1n) is 5.52. The highest BCUT2D eigenvalue weighted by molar-refractivity contribution is 6.28. The maximum absolute atomic E-state index is 9.46. The third kappa shape index (κ3) is 3.14. The maximum atomic E-state index is 9.46. The number of hydrogen-bond acceptors (Lipinski definition) is 6. The minimum absolute atomic E-state index is 0.0731. The summed E-state index contributed by atoms with van der Waals surface area (Å²) in [4.78, 5) is 12.0. The summed E-state index contributed by atoms with van der Waals surface area (Å²) in [5.41, 5.74) is 0. The molecule has 0 aromatic carbocycles. The van der Waals surface area contributed by atoms with Crippen LogP contribution in [0.5, 0.6) is 0 Å². The quantitative estimate of drug-likeness (QED) is 0.837. The second-order valence-electron chi connectivity index (χ2n) is 3.62. The third-order valence-electron chi connectivity index (χ3n) is 2.27. The van der Waals surface area contributed by atoms with Crippen LogP contribution in [0.25, 0.3) is 5.95 Å². The van der Waals surface area contributed by atoms with Crippen LogP contribution in [0.2, 0.25) is 5.28 Å². The van der Waals surface area contributed by atoms with Gasteiger partial charge >= 0.3 is 0 Å². The van der Waals surface area contributed by atoms with Gasteiger partial charge in [-0.05, 0) is 24.1 Å². The smallest absolute Gasteiger partial charge is 0.256 e. The van der Waals surface area contributed by atoms with Crippen molar-refractivity contribution in [3.05, 3.63) is 23.7 Å². The molecule has 2 aromatic heterocycles. The number of aliphatic hydroxyl groups excluding tert-OH is 1. The predicted molar refractivity (Wildman–Crippen MR) is 66.7 cm³/mol. The van der Waals surface area contributed by atoms with Crippen LogP contribution >= 0.6 is 11.6 Å². The summed E-state index contributed by atoms with van der Waals surface area (Å²) in [6.07, 6.45) is 3.52. The van der Waals surface area contributed by atoms with E-state index in [-0.39, 0.29) is 5.28 Å². The van der Waals surface area contributed by atoms with E-state index in [1.54, 1.807) is 18.5 Å². The Bertz CT molecular complexity index is 503. The van der Waals surface area contributed by atoms with E-state index >= 15 is 0 Å². The van der Waals surface area contributed by atoms with E-state index in [1.807, 2.05) is 6.92 Å². The van der Waals surface area contributed by atoms with Crippen LogP contribution in [0.4, 0.5) is 5.95 Å². The average Bonchev–Trinajstić information content (AvgIpc) is 2.89. The molecule has 1 unspecified atom stereocenters. The molecule has 0 amide bonds. The Balaban J connectivity index is 2.17. The second kappa shape index (κ2) is 5.74. The van der Waals surface area contributed by atoms with Gasteiger partial charge in [-0.2, -0.15) is 20.1 Å². The number of nitrogens with one attached hydrogen (secondary N) is 1. The van der Waals surface area contributed by atoms with Crippen molar-refractivity contribution < 1.29 is 5.11 Å². The highest BCUT2D eigenvalue weighted by atomic mass is 35.5. The molecule has 0 spiro atoms. The minimum Gasteiger partial charge on any atom is -0.391 e. The summed E-state index contributed by atoms with van der Waals surface area (Å²) in [6.45, 7) is 2.25. The first-order valence-corrected chi connectivity index (χ1v) is 5.90. The van der Waals surface area contributed by atoms with Crippen molar-refractivity contribution in [3.8, 4) is 5.95 Å². The summed E-state index contributed by atoms with van der Waals surface area (Å²) in [5, 5.41) is 16.4. The highest BCUT2D eigenvalue weighted by Gasteiger charge is 2.08. The van der Waals surface area contributed by atoms with E-state index in [2.05, 4.69) is 25.4 Å². The predicted octanol–water partition coefficient (Wildman–Crippen LogP) is 0.893. The van der Waals surface area contributed by atoms with Gasteiger partial charge < -0.3 is 10.4 Å². The summed E-state index contributed by atoms with van der Waals surface area (Å²) in [6, 6.07) is 1.76.